The fourth-order valence-electron chi connectivity index (χ4n) is 1.85. The summed E-state index contributed by atoms with van der Waals surface area (Å²) in [7, 11) is 1.27. The highest BCUT2D eigenvalue weighted by Crippen LogP contribution is 2.29. The van der Waals surface area contributed by atoms with Crippen LogP contribution in [0.2, 0.25) is 10.0 Å². The maximum atomic E-state index is 11.5. The molecule has 0 aliphatic carbocycles. The molecule has 0 fully saturated rings. The Morgan fingerprint density at radius 1 is 1.05 bits per heavy atom. The van der Waals surface area contributed by atoms with Gasteiger partial charge < -0.3 is 9.84 Å². The number of rotatable bonds is 3. The highest BCUT2D eigenvalue weighted by Gasteiger charge is 2.13. The third-order valence-corrected chi connectivity index (χ3v) is 3.38. The Balaban J connectivity index is 2.50. The molecule has 2 rings (SSSR count). The lowest BCUT2D eigenvalue weighted by Gasteiger charge is -2.07. The van der Waals surface area contributed by atoms with Gasteiger partial charge in [-0.15, -0.1) is 0 Å². The number of methoxy groups -OCH3 is 1. The second-order valence-electron chi connectivity index (χ2n) is 4.22. The van der Waals surface area contributed by atoms with E-state index in [2.05, 4.69) is 4.74 Å². The first-order valence-corrected chi connectivity index (χ1v) is 6.60. The van der Waals surface area contributed by atoms with Gasteiger partial charge in [0.1, 0.15) is 0 Å². The lowest BCUT2D eigenvalue weighted by atomic mass is 10.0. The zero-order chi connectivity index (χ0) is 15.6. The third kappa shape index (κ3) is 3.35. The average molecular weight is 325 g/mol. The van der Waals surface area contributed by atoms with Gasteiger partial charge in [0.05, 0.1) is 23.3 Å². The summed E-state index contributed by atoms with van der Waals surface area (Å²) < 4.78 is 4.61. The molecular weight excluding hydrogens is 315 g/mol. The van der Waals surface area contributed by atoms with Gasteiger partial charge in [0.25, 0.3) is 0 Å². The molecule has 0 unspecified atom stereocenters. The number of carboxylic acids is 1. The van der Waals surface area contributed by atoms with Crippen molar-refractivity contribution in [2.45, 2.75) is 0 Å². The number of esters is 1. The molecule has 108 valence electrons. The first-order valence-electron chi connectivity index (χ1n) is 5.84. The molecule has 0 aliphatic heterocycles. The maximum Gasteiger partial charge on any atom is 0.339 e. The molecule has 0 saturated carbocycles. The Kier molecular flexibility index (Phi) is 4.50. The quantitative estimate of drug-likeness (QED) is 0.861. The SMILES string of the molecule is COC(=O)c1ccc(-c2cc(Cl)cc(C(=O)O)c2)cc1Cl. The molecular formula is C15H10Cl2O4. The van der Waals surface area contributed by atoms with Gasteiger partial charge in [-0.1, -0.05) is 29.3 Å². The fourth-order valence-corrected chi connectivity index (χ4v) is 2.34. The van der Waals surface area contributed by atoms with Crippen LogP contribution >= 0.6 is 23.2 Å². The Morgan fingerprint density at radius 2 is 1.76 bits per heavy atom. The van der Waals surface area contributed by atoms with E-state index in [4.69, 9.17) is 28.3 Å². The van der Waals surface area contributed by atoms with Gasteiger partial charge in [-0.25, -0.2) is 9.59 Å². The van der Waals surface area contributed by atoms with Gasteiger partial charge in [-0.05, 0) is 41.5 Å². The minimum absolute atomic E-state index is 0.0747. The summed E-state index contributed by atoms with van der Waals surface area (Å²) >= 11 is 12.0. The Hall–Kier alpha value is -2.04. The summed E-state index contributed by atoms with van der Waals surface area (Å²) in [5.41, 5.74) is 1.56. The van der Waals surface area contributed by atoms with E-state index in [0.717, 1.165) is 0 Å². The predicted molar refractivity (Wildman–Crippen MR) is 80.2 cm³/mol. The Labute approximate surface area is 130 Å². The van der Waals surface area contributed by atoms with Gasteiger partial charge in [-0.2, -0.15) is 0 Å². The molecule has 0 aromatic heterocycles. The number of aromatic carboxylic acids is 1. The van der Waals surface area contributed by atoms with E-state index >= 15 is 0 Å². The van der Waals surface area contributed by atoms with Crippen LogP contribution in [0, 0.1) is 0 Å². The highest BCUT2D eigenvalue weighted by atomic mass is 35.5. The predicted octanol–water partition coefficient (Wildman–Crippen LogP) is 4.15. The van der Waals surface area contributed by atoms with Crippen molar-refractivity contribution in [2.24, 2.45) is 0 Å². The lowest BCUT2D eigenvalue weighted by Crippen LogP contribution is -2.02. The first-order chi connectivity index (χ1) is 9.92. The number of carbonyl (C=O) groups is 2. The summed E-state index contributed by atoms with van der Waals surface area (Å²) in [6.07, 6.45) is 0. The number of hydrogen-bond donors (Lipinski definition) is 1. The first kappa shape index (κ1) is 15.4. The molecule has 0 spiro atoms. The van der Waals surface area contributed by atoms with Crippen LogP contribution in [0.3, 0.4) is 0 Å². The molecule has 4 nitrogen and oxygen atoms in total. The zero-order valence-electron chi connectivity index (χ0n) is 10.9. The minimum Gasteiger partial charge on any atom is -0.478 e. The van der Waals surface area contributed by atoms with Crippen molar-refractivity contribution in [3.05, 3.63) is 57.6 Å². The summed E-state index contributed by atoms with van der Waals surface area (Å²) in [5.74, 6) is -1.61. The second-order valence-corrected chi connectivity index (χ2v) is 5.06. The van der Waals surface area contributed by atoms with E-state index in [1.165, 1.54) is 25.3 Å². The van der Waals surface area contributed by atoms with E-state index < -0.39 is 11.9 Å². The largest absolute Gasteiger partial charge is 0.478 e. The molecule has 1 N–H and O–H groups in total. The maximum absolute atomic E-state index is 11.5. The number of benzene rings is 2. The van der Waals surface area contributed by atoms with Gasteiger partial charge in [0.2, 0.25) is 0 Å². The van der Waals surface area contributed by atoms with Crippen LogP contribution in [0.4, 0.5) is 0 Å². The van der Waals surface area contributed by atoms with Crippen LogP contribution in [0.5, 0.6) is 0 Å². The lowest BCUT2D eigenvalue weighted by molar-refractivity contribution is 0.0600. The standard InChI is InChI=1S/C15H10Cl2O4/c1-21-15(20)12-3-2-8(7-13(12)17)9-4-10(14(18)19)6-11(16)5-9/h2-7H,1H3,(H,18,19). The van der Waals surface area contributed by atoms with Gasteiger partial charge >= 0.3 is 11.9 Å². The molecule has 0 atom stereocenters. The number of halogens is 2. The van der Waals surface area contributed by atoms with E-state index in [-0.39, 0.29) is 16.1 Å². The fraction of sp³-hybridized carbons (Fsp3) is 0.0667. The zero-order valence-corrected chi connectivity index (χ0v) is 12.4. The molecule has 0 radical (unpaired) electrons. The molecule has 0 amide bonds. The normalized spacial score (nSPS) is 10.2. The van der Waals surface area contributed by atoms with Crippen molar-refractivity contribution in [2.75, 3.05) is 7.11 Å². The van der Waals surface area contributed by atoms with Crippen LogP contribution in [-0.4, -0.2) is 24.2 Å². The van der Waals surface area contributed by atoms with Crippen molar-refractivity contribution in [1.82, 2.24) is 0 Å². The molecule has 2 aromatic rings. The molecule has 6 heteroatoms. The van der Waals surface area contributed by atoms with Crippen LogP contribution in [0.25, 0.3) is 11.1 Å². The van der Waals surface area contributed by atoms with E-state index in [9.17, 15) is 9.59 Å². The number of carbonyl (C=O) groups excluding carboxylic acids is 1. The molecule has 0 heterocycles. The van der Waals surface area contributed by atoms with Crippen LogP contribution in [0.1, 0.15) is 20.7 Å². The molecule has 21 heavy (non-hydrogen) atoms. The topological polar surface area (TPSA) is 63.6 Å². The Morgan fingerprint density at radius 3 is 2.33 bits per heavy atom. The van der Waals surface area contributed by atoms with Crippen molar-refractivity contribution < 1.29 is 19.4 Å². The Bertz CT molecular complexity index is 726. The summed E-state index contributed by atoms with van der Waals surface area (Å²) in [5, 5.41) is 9.56. The number of carboxylic acid groups (broad SMARTS) is 1. The second kappa shape index (κ2) is 6.16. The van der Waals surface area contributed by atoms with Crippen LogP contribution < -0.4 is 0 Å². The van der Waals surface area contributed by atoms with E-state index in [1.807, 2.05) is 0 Å². The van der Waals surface area contributed by atoms with Crippen molar-refractivity contribution in [3.8, 4) is 11.1 Å². The van der Waals surface area contributed by atoms with E-state index in [1.54, 1.807) is 18.2 Å². The number of hydrogen-bond acceptors (Lipinski definition) is 3. The smallest absolute Gasteiger partial charge is 0.339 e. The van der Waals surface area contributed by atoms with Crippen LogP contribution in [0.15, 0.2) is 36.4 Å². The van der Waals surface area contributed by atoms with E-state index in [0.29, 0.717) is 16.1 Å². The molecule has 0 aliphatic rings. The highest BCUT2D eigenvalue weighted by molar-refractivity contribution is 6.34. The van der Waals surface area contributed by atoms with Gasteiger partial charge in [0.15, 0.2) is 0 Å². The number of ether oxygens (including phenoxy) is 1. The van der Waals surface area contributed by atoms with Crippen molar-refractivity contribution >= 4 is 35.1 Å². The molecule has 2 aromatic carbocycles. The van der Waals surface area contributed by atoms with Crippen molar-refractivity contribution in [1.29, 1.82) is 0 Å². The minimum atomic E-state index is -1.07. The molecule has 0 bridgehead atoms. The summed E-state index contributed by atoms with van der Waals surface area (Å²) in [6.45, 7) is 0. The summed E-state index contributed by atoms with van der Waals surface area (Å²) in [4.78, 5) is 22.5. The van der Waals surface area contributed by atoms with Gasteiger partial charge in [0, 0.05) is 5.02 Å². The third-order valence-electron chi connectivity index (χ3n) is 2.85. The molecule has 0 saturated heterocycles. The monoisotopic (exact) mass is 324 g/mol. The van der Waals surface area contributed by atoms with Crippen LogP contribution in [-0.2, 0) is 4.74 Å². The van der Waals surface area contributed by atoms with Gasteiger partial charge in [-0.3, -0.25) is 0 Å². The summed E-state index contributed by atoms with van der Waals surface area (Å²) in [6, 6.07) is 9.19. The average Bonchev–Trinajstić information content (AvgIpc) is 2.45. The van der Waals surface area contributed by atoms with Crippen molar-refractivity contribution in [3.63, 3.8) is 0 Å².